The van der Waals surface area contributed by atoms with E-state index in [-0.39, 0.29) is 11.7 Å². The molecule has 16 heavy (non-hydrogen) atoms. The Morgan fingerprint density at radius 1 is 1.44 bits per heavy atom. The summed E-state index contributed by atoms with van der Waals surface area (Å²) < 4.78 is 0. The Bertz CT molecular complexity index is 501. The molecule has 0 fully saturated rings. The molecule has 3 rings (SSSR count). The number of aromatic nitrogens is 1. The highest BCUT2D eigenvalue weighted by atomic mass is 32.1. The molecule has 1 aliphatic carbocycles. The molecule has 0 saturated heterocycles. The van der Waals surface area contributed by atoms with E-state index in [4.69, 9.17) is 0 Å². The second-order valence-corrected chi connectivity index (χ2v) is 5.86. The van der Waals surface area contributed by atoms with Gasteiger partial charge in [0, 0.05) is 17.0 Å². The monoisotopic (exact) mass is 249 g/mol. The standard InChI is InChI=1S/C12H11NOS2/c14-12(11-6-13-7-16-11)9-2-1-3-10-8(9)4-5-15-10/h4-7,9H,1-3H2. The summed E-state index contributed by atoms with van der Waals surface area (Å²) in [6, 6.07) is 2.11. The molecule has 2 heterocycles. The smallest absolute Gasteiger partial charge is 0.181 e. The van der Waals surface area contributed by atoms with Gasteiger partial charge in [0.1, 0.15) is 0 Å². The largest absolute Gasteiger partial charge is 0.293 e. The average molecular weight is 249 g/mol. The van der Waals surface area contributed by atoms with Gasteiger partial charge in [0.25, 0.3) is 0 Å². The third-order valence-electron chi connectivity index (χ3n) is 3.04. The molecule has 0 bridgehead atoms. The van der Waals surface area contributed by atoms with Gasteiger partial charge in [-0.2, -0.15) is 0 Å². The van der Waals surface area contributed by atoms with Crippen LogP contribution in [0.4, 0.5) is 0 Å². The first-order chi connectivity index (χ1) is 7.86. The second-order valence-electron chi connectivity index (χ2n) is 3.97. The number of carbonyl (C=O) groups excluding carboxylic acids is 1. The highest BCUT2D eigenvalue weighted by molar-refractivity contribution is 7.12. The van der Waals surface area contributed by atoms with Crippen molar-refractivity contribution in [3.05, 3.63) is 38.5 Å². The molecule has 0 aliphatic heterocycles. The zero-order chi connectivity index (χ0) is 11.0. The highest BCUT2D eigenvalue weighted by Gasteiger charge is 2.28. The van der Waals surface area contributed by atoms with Crippen molar-refractivity contribution in [2.75, 3.05) is 0 Å². The second kappa shape index (κ2) is 4.11. The molecular weight excluding hydrogens is 238 g/mol. The van der Waals surface area contributed by atoms with Gasteiger partial charge in [0.05, 0.1) is 10.4 Å². The number of hydrogen-bond donors (Lipinski definition) is 0. The summed E-state index contributed by atoms with van der Waals surface area (Å²) in [6.45, 7) is 0. The van der Waals surface area contributed by atoms with E-state index in [9.17, 15) is 4.79 Å². The molecule has 0 amide bonds. The average Bonchev–Trinajstić information content (AvgIpc) is 2.98. The van der Waals surface area contributed by atoms with Crippen molar-refractivity contribution in [3.63, 3.8) is 0 Å². The van der Waals surface area contributed by atoms with Crippen molar-refractivity contribution < 1.29 is 4.79 Å². The predicted octanol–water partition coefficient (Wildman–Crippen LogP) is 3.51. The van der Waals surface area contributed by atoms with Crippen LogP contribution in [0, 0.1) is 0 Å². The molecule has 2 aromatic heterocycles. The van der Waals surface area contributed by atoms with Gasteiger partial charge in [-0.1, -0.05) is 0 Å². The molecule has 0 N–H and O–H groups in total. The van der Waals surface area contributed by atoms with Crippen LogP contribution in [0.2, 0.25) is 0 Å². The Kier molecular flexibility index (Phi) is 2.61. The van der Waals surface area contributed by atoms with Crippen molar-refractivity contribution in [1.29, 1.82) is 0 Å². The van der Waals surface area contributed by atoms with Crippen molar-refractivity contribution in [3.8, 4) is 0 Å². The van der Waals surface area contributed by atoms with Gasteiger partial charge >= 0.3 is 0 Å². The quantitative estimate of drug-likeness (QED) is 0.762. The number of rotatable bonds is 2. The van der Waals surface area contributed by atoms with Gasteiger partial charge in [-0.05, 0) is 36.3 Å². The third-order valence-corrected chi connectivity index (χ3v) is 4.83. The first kappa shape index (κ1) is 10.2. The molecule has 1 unspecified atom stereocenters. The number of hydrogen-bond acceptors (Lipinski definition) is 4. The maximum atomic E-state index is 12.3. The predicted molar refractivity (Wildman–Crippen MR) is 66.4 cm³/mol. The molecule has 0 saturated carbocycles. The third kappa shape index (κ3) is 1.62. The maximum Gasteiger partial charge on any atom is 0.181 e. The molecule has 82 valence electrons. The number of Topliss-reactive ketones (excluding diaryl/α,β-unsaturated/α-hetero) is 1. The van der Waals surface area contributed by atoms with Crippen LogP contribution < -0.4 is 0 Å². The summed E-state index contributed by atoms with van der Waals surface area (Å²) >= 11 is 3.22. The van der Waals surface area contributed by atoms with Crippen LogP contribution in [0.5, 0.6) is 0 Å². The van der Waals surface area contributed by atoms with Crippen LogP contribution in [0.1, 0.15) is 38.9 Å². The Balaban J connectivity index is 1.96. The zero-order valence-electron chi connectivity index (χ0n) is 8.68. The summed E-state index contributed by atoms with van der Waals surface area (Å²) in [6.07, 6.45) is 4.94. The van der Waals surface area contributed by atoms with Gasteiger partial charge in [-0.15, -0.1) is 22.7 Å². The molecule has 1 aliphatic rings. The summed E-state index contributed by atoms with van der Waals surface area (Å²) in [5.41, 5.74) is 2.99. The molecule has 4 heteroatoms. The van der Waals surface area contributed by atoms with Crippen LogP contribution in [0.3, 0.4) is 0 Å². The van der Waals surface area contributed by atoms with Crippen molar-refractivity contribution in [2.45, 2.75) is 25.2 Å². The fourth-order valence-corrected chi connectivity index (χ4v) is 3.87. The molecule has 0 aromatic carbocycles. The zero-order valence-corrected chi connectivity index (χ0v) is 10.3. The lowest BCUT2D eigenvalue weighted by Crippen LogP contribution is -2.16. The Labute approximate surface area is 102 Å². The molecular formula is C12H11NOS2. The minimum atomic E-state index is 0.0791. The summed E-state index contributed by atoms with van der Waals surface area (Å²) in [7, 11) is 0. The van der Waals surface area contributed by atoms with E-state index >= 15 is 0 Å². The lowest BCUT2D eigenvalue weighted by molar-refractivity contribution is 0.0955. The minimum Gasteiger partial charge on any atom is -0.293 e. The van der Waals surface area contributed by atoms with Crippen LogP contribution in [-0.2, 0) is 6.42 Å². The number of carbonyl (C=O) groups is 1. The Hall–Kier alpha value is -1.00. The van der Waals surface area contributed by atoms with E-state index in [1.807, 2.05) is 0 Å². The van der Waals surface area contributed by atoms with Crippen LogP contribution in [0.15, 0.2) is 23.2 Å². The lowest BCUT2D eigenvalue weighted by atomic mass is 9.84. The molecule has 0 spiro atoms. The van der Waals surface area contributed by atoms with E-state index in [2.05, 4.69) is 16.4 Å². The van der Waals surface area contributed by atoms with Gasteiger partial charge < -0.3 is 0 Å². The van der Waals surface area contributed by atoms with Crippen molar-refractivity contribution >= 4 is 28.5 Å². The number of nitrogens with zero attached hydrogens (tertiary/aromatic N) is 1. The normalized spacial score (nSPS) is 19.4. The molecule has 1 atom stereocenters. The number of fused-ring (bicyclic) bond motifs is 1. The molecule has 2 nitrogen and oxygen atoms in total. The summed E-state index contributed by atoms with van der Waals surface area (Å²) in [4.78, 5) is 18.5. The fraction of sp³-hybridized carbons (Fsp3) is 0.333. The number of thiazole rings is 1. The first-order valence-electron chi connectivity index (χ1n) is 5.35. The van der Waals surface area contributed by atoms with E-state index < -0.39 is 0 Å². The van der Waals surface area contributed by atoms with Crippen LogP contribution >= 0.6 is 22.7 Å². The van der Waals surface area contributed by atoms with E-state index in [0.29, 0.717) is 0 Å². The maximum absolute atomic E-state index is 12.3. The van der Waals surface area contributed by atoms with Crippen molar-refractivity contribution in [1.82, 2.24) is 4.98 Å². The number of aryl methyl sites for hydroxylation is 1. The first-order valence-corrected chi connectivity index (χ1v) is 7.11. The summed E-state index contributed by atoms with van der Waals surface area (Å²) in [5, 5.41) is 2.10. The van der Waals surface area contributed by atoms with E-state index in [1.165, 1.54) is 21.8 Å². The van der Waals surface area contributed by atoms with Gasteiger partial charge in [-0.25, -0.2) is 0 Å². The number of thiophene rings is 1. The lowest BCUT2D eigenvalue weighted by Gasteiger charge is -2.20. The van der Waals surface area contributed by atoms with Crippen molar-refractivity contribution in [2.24, 2.45) is 0 Å². The van der Waals surface area contributed by atoms with E-state index in [1.54, 1.807) is 23.0 Å². The Morgan fingerprint density at radius 3 is 3.19 bits per heavy atom. The number of ketones is 1. The van der Waals surface area contributed by atoms with Crippen LogP contribution in [0.25, 0.3) is 0 Å². The summed E-state index contributed by atoms with van der Waals surface area (Å²) in [5.74, 6) is 0.331. The SMILES string of the molecule is O=C(c1cncs1)C1CCCc2sccc21. The van der Waals surface area contributed by atoms with Gasteiger partial charge in [0.15, 0.2) is 5.78 Å². The molecule has 2 aromatic rings. The van der Waals surface area contributed by atoms with Gasteiger partial charge in [0.2, 0.25) is 0 Å². The van der Waals surface area contributed by atoms with E-state index in [0.717, 1.165) is 24.1 Å². The van der Waals surface area contributed by atoms with Gasteiger partial charge in [-0.3, -0.25) is 9.78 Å². The topological polar surface area (TPSA) is 30.0 Å². The highest BCUT2D eigenvalue weighted by Crippen LogP contribution is 2.37. The molecule has 0 radical (unpaired) electrons. The fourth-order valence-electron chi connectivity index (χ4n) is 2.27. The van der Waals surface area contributed by atoms with Crippen LogP contribution in [-0.4, -0.2) is 10.8 Å². The minimum absolute atomic E-state index is 0.0791. The Morgan fingerprint density at radius 2 is 2.38 bits per heavy atom.